The molecule has 0 saturated carbocycles. The third-order valence-electron chi connectivity index (χ3n) is 4.10. The van der Waals surface area contributed by atoms with Gasteiger partial charge in [-0.3, -0.25) is 4.79 Å². The number of alkyl halides is 3. The molecular weight excluding hydrogens is 488 g/mol. The smallest absolute Gasteiger partial charge is 0.303 e. The molecule has 0 atom stereocenters. The quantitative estimate of drug-likeness (QED) is 0.165. The van der Waals surface area contributed by atoms with E-state index in [0.29, 0.717) is 6.42 Å². The van der Waals surface area contributed by atoms with E-state index < -0.39 is 5.97 Å². The molecule has 0 aromatic carbocycles. The summed E-state index contributed by atoms with van der Waals surface area (Å²) in [5.41, 5.74) is 0. The second kappa shape index (κ2) is 16.4. The second-order valence-corrected chi connectivity index (χ2v) is 13.7. The van der Waals surface area contributed by atoms with Crippen LogP contribution in [0.15, 0.2) is 0 Å². The Balaban J connectivity index is 3.04. The maximum absolute atomic E-state index is 10.4. The first-order chi connectivity index (χ1) is 10.9. The highest BCUT2D eigenvalue weighted by Crippen LogP contribution is 2.38. The zero-order chi connectivity index (χ0) is 17.4. The molecule has 0 spiro atoms. The van der Waals surface area contributed by atoms with Gasteiger partial charge in [0, 0.05) is 6.42 Å². The van der Waals surface area contributed by atoms with Crippen molar-refractivity contribution in [2.75, 3.05) is 0 Å². The summed E-state index contributed by atoms with van der Waals surface area (Å²) in [6, 6.07) is 0. The van der Waals surface area contributed by atoms with Crippen LogP contribution in [-0.4, -0.2) is 13.2 Å². The minimum Gasteiger partial charge on any atom is -0.481 e. The van der Waals surface area contributed by atoms with E-state index in [1.165, 1.54) is 77.0 Å². The van der Waals surface area contributed by atoms with Crippen LogP contribution in [0.25, 0.3) is 0 Å². The number of halogens is 3. The molecule has 0 unspecified atom stereocenters. The summed E-state index contributed by atoms with van der Waals surface area (Å²) < 4.78 is -0.0523. The van der Waals surface area contributed by atoms with Crippen molar-refractivity contribution in [1.29, 1.82) is 0 Å². The van der Waals surface area contributed by atoms with Crippen LogP contribution in [0.4, 0.5) is 0 Å². The van der Waals surface area contributed by atoms with E-state index in [-0.39, 0.29) is 2.14 Å². The Kier molecular flexibility index (Phi) is 17.0. The van der Waals surface area contributed by atoms with E-state index in [1.807, 2.05) is 0 Å². The zero-order valence-corrected chi connectivity index (χ0v) is 19.1. The molecule has 0 aliphatic rings. The van der Waals surface area contributed by atoms with Crippen molar-refractivity contribution < 1.29 is 9.90 Å². The zero-order valence-electron chi connectivity index (χ0n) is 14.3. The summed E-state index contributed by atoms with van der Waals surface area (Å²) >= 11 is 10.6. The predicted molar refractivity (Wildman–Crippen MR) is 111 cm³/mol. The molecule has 0 aliphatic carbocycles. The number of hydrogen-bond acceptors (Lipinski definition) is 1. The molecule has 0 aromatic heterocycles. The van der Waals surface area contributed by atoms with Gasteiger partial charge in [0.1, 0.15) is 2.14 Å². The summed E-state index contributed by atoms with van der Waals surface area (Å²) in [6.45, 7) is 0. The van der Waals surface area contributed by atoms with Gasteiger partial charge in [-0.15, -0.1) is 0 Å². The lowest BCUT2D eigenvalue weighted by Gasteiger charge is -2.10. The van der Waals surface area contributed by atoms with Gasteiger partial charge in [-0.1, -0.05) is 131 Å². The molecule has 1 N–H and O–H groups in total. The lowest BCUT2D eigenvalue weighted by Crippen LogP contribution is -1.98. The molecule has 0 heterocycles. The molecule has 0 aromatic rings. The summed E-state index contributed by atoms with van der Waals surface area (Å²) in [5, 5.41) is 8.54. The Labute approximate surface area is 168 Å². The Morgan fingerprint density at radius 1 is 0.609 bits per heavy atom. The highest BCUT2D eigenvalue weighted by Gasteiger charge is 2.15. The number of carboxylic acids is 1. The minimum absolute atomic E-state index is 0.0523. The number of carbonyl (C=O) groups is 1. The molecule has 0 fully saturated rings. The summed E-state index contributed by atoms with van der Waals surface area (Å²) in [6.07, 6.45) is 19.4. The van der Waals surface area contributed by atoms with Crippen LogP contribution in [0, 0.1) is 0 Å². The molecule has 0 aliphatic heterocycles. The molecule has 23 heavy (non-hydrogen) atoms. The van der Waals surface area contributed by atoms with Gasteiger partial charge in [-0.2, -0.15) is 0 Å². The monoisotopic (exact) mass is 518 g/mol. The van der Waals surface area contributed by atoms with Crippen LogP contribution in [0.2, 0.25) is 0 Å². The first-order valence-electron chi connectivity index (χ1n) is 9.20. The maximum atomic E-state index is 10.4. The Morgan fingerprint density at radius 2 is 0.913 bits per heavy atom. The van der Waals surface area contributed by atoms with Gasteiger partial charge in [0.15, 0.2) is 0 Å². The normalized spacial score (nSPS) is 11.8. The molecule has 0 bridgehead atoms. The summed E-state index contributed by atoms with van der Waals surface area (Å²) in [5.74, 6) is -0.660. The van der Waals surface area contributed by atoms with Gasteiger partial charge in [0.25, 0.3) is 0 Å². The van der Waals surface area contributed by atoms with E-state index in [1.54, 1.807) is 0 Å². The lowest BCUT2D eigenvalue weighted by atomic mass is 10.0. The van der Waals surface area contributed by atoms with Gasteiger partial charge < -0.3 is 5.11 Å². The van der Waals surface area contributed by atoms with Crippen LogP contribution in [0.5, 0.6) is 0 Å². The number of aliphatic carboxylic acids is 1. The molecule has 0 amide bonds. The van der Waals surface area contributed by atoms with Gasteiger partial charge in [0.2, 0.25) is 0 Å². The predicted octanol–water partition coefficient (Wildman–Crippen LogP) is 8.15. The highest BCUT2D eigenvalue weighted by atomic mass is 80.0. The topological polar surface area (TPSA) is 37.3 Å². The number of unbranched alkanes of at least 4 members (excludes halogenated alkanes) is 13. The maximum Gasteiger partial charge on any atom is 0.303 e. The van der Waals surface area contributed by atoms with Crippen LogP contribution in [-0.2, 0) is 4.79 Å². The van der Waals surface area contributed by atoms with Crippen LogP contribution >= 0.6 is 47.8 Å². The minimum atomic E-state index is -0.660. The number of rotatable bonds is 16. The average Bonchev–Trinajstić information content (AvgIpc) is 2.45. The fourth-order valence-electron chi connectivity index (χ4n) is 2.72. The van der Waals surface area contributed by atoms with Crippen LogP contribution in [0.1, 0.15) is 103 Å². The van der Waals surface area contributed by atoms with E-state index >= 15 is 0 Å². The molecule has 5 heteroatoms. The van der Waals surface area contributed by atoms with Crippen molar-refractivity contribution in [2.45, 2.75) is 105 Å². The van der Waals surface area contributed by atoms with Crippen LogP contribution in [0.3, 0.4) is 0 Å². The molecule has 2 nitrogen and oxygen atoms in total. The Hall–Kier alpha value is 0.910. The first kappa shape index (κ1) is 23.9. The SMILES string of the molecule is O=C(O)CCCCCCCCCCCCCCCCC(Br)(Br)Br. The fourth-order valence-corrected chi connectivity index (χ4v) is 3.56. The molecule has 0 saturated heterocycles. The highest BCUT2D eigenvalue weighted by molar-refractivity contribution is 9.39. The average molecular weight is 521 g/mol. The van der Waals surface area contributed by atoms with Crippen molar-refractivity contribution in [1.82, 2.24) is 0 Å². The van der Waals surface area contributed by atoms with Crippen molar-refractivity contribution in [3.63, 3.8) is 0 Å². The van der Waals surface area contributed by atoms with E-state index in [9.17, 15) is 4.79 Å². The molecule has 0 rings (SSSR count). The number of carboxylic acid groups (broad SMARTS) is 1. The largest absolute Gasteiger partial charge is 0.481 e. The lowest BCUT2D eigenvalue weighted by molar-refractivity contribution is -0.137. The third kappa shape index (κ3) is 22.9. The Morgan fingerprint density at radius 3 is 1.22 bits per heavy atom. The first-order valence-corrected chi connectivity index (χ1v) is 11.6. The van der Waals surface area contributed by atoms with Gasteiger partial charge in [-0.25, -0.2) is 0 Å². The number of hydrogen-bond donors (Lipinski definition) is 1. The van der Waals surface area contributed by atoms with E-state index in [2.05, 4.69) is 47.8 Å². The summed E-state index contributed by atoms with van der Waals surface area (Å²) in [4.78, 5) is 10.4. The molecule has 138 valence electrons. The van der Waals surface area contributed by atoms with Gasteiger partial charge >= 0.3 is 5.97 Å². The van der Waals surface area contributed by atoms with E-state index in [4.69, 9.17) is 5.11 Å². The van der Waals surface area contributed by atoms with Crippen molar-refractivity contribution >= 4 is 53.8 Å². The fraction of sp³-hybridized carbons (Fsp3) is 0.944. The molecule has 0 radical (unpaired) electrons. The van der Waals surface area contributed by atoms with Crippen molar-refractivity contribution in [3.05, 3.63) is 0 Å². The van der Waals surface area contributed by atoms with Crippen molar-refractivity contribution in [3.8, 4) is 0 Å². The second-order valence-electron chi connectivity index (χ2n) is 6.46. The molecular formula is C18H33Br3O2. The Bertz CT molecular complexity index is 278. The standard InChI is InChI=1S/C18H33Br3O2/c19-18(20,21)16-14-12-10-8-6-4-2-1-3-5-7-9-11-13-15-17(22)23/h1-16H2,(H,22,23). The van der Waals surface area contributed by atoms with E-state index in [0.717, 1.165) is 19.3 Å². The van der Waals surface area contributed by atoms with Gasteiger partial charge in [-0.05, 0) is 12.8 Å². The van der Waals surface area contributed by atoms with Crippen molar-refractivity contribution in [2.24, 2.45) is 0 Å². The van der Waals surface area contributed by atoms with Gasteiger partial charge in [0.05, 0.1) is 0 Å². The van der Waals surface area contributed by atoms with Crippen LogP contribution < -0.4 is 0 Å². The third-order valence-corrected chi connectivity index (χ3v) is 5.29. The summed E-state index contributed by atoms with van der Waals surface area (Å²) in [7, 11) is 0.